The van der Waals surface area contributed by atoms with Gasteiger partial charge >= 0.3 is 5.97 Å². The topological polar surface area (TPSA) is 44.8 Å². The lowest BCUT2D eigenvalue weighted by atomic mass is 10.1. The molecule has 1 aliphatic rings. The number of hydrogen-bond acceptors (Lipinski definition) is 4. The summed E-state index contributed by atoms with van der Waals surface area (Å²) in [6.45, 7) is 2.21. The van der Waals surface area contributed by atoms with Gasteiger partial charge in [0.25, 0.3) is 0 Å². The molecule has 1 aliphatic carbocycles. The summed E-state index contributed by atoms with van der Waals surface area (Å²) in [5.41, 5.74) is 0.886. The average Bonchev–Trinajstić information content (AvgIpc) is 2.92. The Morgan fingerprint density at radius 2 is 2.00 bits per heavy atom. The molecular formula is C16H22O4. The van der Waals surface area contributed by atoms with E-state index in [9.17, 15) is 4.79 Å². The molecule has 0 bridgehead atoms. The van der Waals surface area contributed by atoms with Crippen molar-refractivity contribution in [1.29, 1.82) is 0 Å². The highest BCUT2D eigenvalue weighted by Crippen LogP contribution is 2.32. The van der Waals surface area contributed by atoms with Gasteiger partial charge in [0, 0.05) is 0 Å². The number of carbonyl (C=O) groups is 1. The van der Waals surface area contributed by atoms with Crippen LogP contribution in [0, 0.1) is 0 Å². The van der Waals surface area contributed by atoms with E-state index in [0.29, 0.717) is 12.4 Å². The van der Waals surface area contributed by atoms with E-state index >= 15 is 0 Å². The van der Waals surface area contributed by atoms with Crippen molar-refractivity contribution >= 4 is 5.97 Å². The number of carbonyl (C=O) groups excluding carboxylic acids is 1. The van der Waals surface area contributed by atoms with Gasteiger partial charge in [-0.15, -0.1) is 0 Å². The van der Waals surface area contributed by atoms with Crippen LogP contribution in [0.1, 0.15) is 38.2 Å². The molecule has 0 spiro atoms. The van der Waals surface area contributed by atoms with Gasteiger partial charge in [-0.2, -0.15) is 0 Å². The van der Waals surface area contributed by atoms with Crippen LogP contribution in [-0.4, -0.2) is 25.8 Å². The lowest BCUT2D eigenvalue weighted by Crippen LogP contribution is -2.12. The summed E-state index contributed by atoms with van der Waals surface area (Å²) >= 11 is 0. The van der Waals surface area contributed by atoms with Crippen LogP contribution in [0.2, 0.25) is 0 Å². The van der Waals surface area contributed by atoms with Crippen molar-refractivity contribution in [3.63, 3.8) is 0 Å². The maximum Gasteiger partial charge on any atom is 0.310 e. The van der Waals surface area contributed by atoms with Crippen LogP contribution in [0.4, 0.5) is 0 Å². The van der Waals surface area contributed by atoms with Gasteiger partial charge in [-0.3, -0.25) is 4.79 Å². The van der Waals surface area contributed by atoms with Crippen LogP contribution in [0.3, 0.4) is 0 Å². The molecule has 0 unspecified atom stereocenters. The van der Waals surface area contributed by atoms with Crippen LogP contribution in [0.25, 0.3) is 0 Å². The van der Waals surface area contributed by atoms with Gasteiger partial charge in [-0.1, -0.05) is 6.07 Å². The third-order valence-corrected chi connectivity index (χ3v) is 3.48. The molecule has 0 N–H and O–H groups in total. The largest absolute Gasteiger partial charge is 0.493 e. The summed E-state index contributed by atoms with van der Waals surface area (Å²) in [6.07, 6.45) is 5.14. The van der Waals surface area contributed by atoms with E-state index in [4.69, 9.17) is 14.2 Å². The minimum absolute atomic E-state index is 0.218. The molecule has 20 heavy (non-hydrogen) atoms. The molecule has 0 atom stereocenters. The van der Waals surface area contributed by atoms with Gasteiger partial charge < -0.3 is 14.2 Å². The molecular weight excluding hydrogens is 256 g/mol. The SMILES string of the molecule is CCOC(=O)Cc1ccc(OC)c(OC2CCCC2)c1. The predicted octanol–water partition coefficient (Wildman–Crippen LogP) is 3.12. The maximum atomic E-state index is 11.5. The van der Waals surface area contributed by atoms with Gasteiger partial charge in [0.15, 0.2) is 11.5 Å². The standard InChI is InChI=1S/C16H22O4/c1-3-19-16(17)11-12-8-9-14(18-2)15(10-12)20-13-6-4-5-7-13/h8-10,13H,3-7,11H2,1-2H3. The van der Waals surface area contributed by atoms with Crippen molar-refractivity contribution in [2.75, 3.05) is 13.7 Å². The Labute approximate surface area is 120 Å². The third-order valence-electron chi connectivity index (χ3n) is 3.48. The Bertz CT molecular complexity index is 450. The number of rotatable bonds is 6. The van der Waals surface area contributed by atoms with Crippen LogP contribution < -0.4 is 9.47 Å². The molecule has 4 nitrogen and oxygen atoms in total. The Kier molecular flexibility index (Phi) is 5.27. The van der Waals surface area contributed by atoms with Crippen molar-refractivity contribution in [3.05, 3.63) is 23.8 Å². The highest BCUT2D eigenvalue weighted by atomic mass is 16.5. The quantitative estimate of drug-likeness (QED) is 0.750. The van der Waals surface area contributed by atoms with Crippen LogP contribution in [0.15, 0.2) is 18.2 Å². The first-order valence-corrected chi connectivity index (χ1v) is 7.22. The normalized spacial score (nSPS) is 15.1. The van der Waals surface area contributed by atoms with Crippen molar-refractivity contribution in [2.45, 2.75) is 45.1 Å². The Hall–Kier alpha value is -1.71. The lowest BCUT2D eigenvalue weighted by molar-refractivity contribution is -0.142. The molecule has 2 rings (SSSR count). The Morgan fingerprint density at radius 1 is 1.25 bits per heavy atom. The van der Waals surface area contributed by atoms with Crippen molar-refractivity contribution in [3.8, 4) is 11.5 Å². The summed E-state index contributed by atoms with van der Waals surface area (Å²) in [7, 11) is 1.63. The summed E-state index contributed by atoms with van der Waals surface area (Å²) in [4.78, 5) is 11.5. The fourth-order valence-electron chi connectivity index (χ4n) is 2.49. The van der Waals surface area contributed by atoms with Gasteiger partial charge in [0.1, 0.15) is 0 Å². The van der Waals surface area contributed by atoms with Crippen molar-refractivity contribution in [1.82, 2.24) is 0 Å². The molecule has 0 aromatic heterocycles. The number of ether oxygens (including phenoxy) is 3. The van der Waals surface area contributed by atoms with Crippen LogP contribution in [-0.2, 0) is 16.0 Å². The van der Waals surface area contributed by atoms with Crippen molar-refractivity contribution < 1.29 is 19.0 Å². The average molecular weight is 278 g/mol. The maximum absolute atomic E-state index is 11.5. The lowest BCUT2D eigenvalue weighted by Gasteiger charge is -2.16. The fraction of sp³-hybridized carbons (Fsp3) is 0.562. The fourth-order valence-corrected chi connectivity index (χ4v) is 2.49. The Balaban J connectivity index is 2.08. The van der Waals surface area contributed by atoms with E-state index < -0.39 is 0 Å². The monoisotopic (exact) mass is 278 g/mol. The molecule has 0 aliphatic heterocycles. The van der Waals surface area contributed by atoms with E-state index in [1.807, 2.05) is 18.2 Å². The van der Waals surface area contributed by atoms with Crippen molar-refractivity contribution in [2.24, 2.45) is 0 Å². The molecule has 4 heteroatoms. The molecule has 1 saturated carbocycles. The zero-order valence-corrected chi connectivity index (χ0v) is 12.2. The van der Waals surface area contributed by atoms with Gasteiger partial charge in [-0.25, -0.2) is 0 Å². The number of benzene rings is 1. The van der Waals surface area contributed by atoms with Crippen LogP contribution >= 0.6 is 0 Å². The summed E-state index contributed by atoms with van der Waals surface area (Å²) in [5.74, 6) is 1.22. The third kappa shape index (κ3) is 3.89. The zero-order chi connectivity index (χ0) is 14.4. The second-order valence-electron chi connectivity index (χ2n) is 4.99. The van der Waals surface area contributed by atoms with Gasteiger partial charge in [0.05, 0.1) is 26.2 Å². The number of hydrogen-bond donors (Lipinski definition) is 0. The molecule has 1 aromatic carbocycles. The van der Waals surface area contributed by atoms with E-state index in [2.05, 4.69) is 0 Å². The molecule has 0 saturated heterocycles. The summed E-state index contributed by atoms with van der Waals surface area (Å²) in [6, 6.07) is 5.60. The van der Waals surface area contributed by atoms with E-state index in [0.717, 1.165) is 24.2 Å². The highest BCUT2D eigenvalue weighted by molar-refractivity contribution is 5.72. The van der Waals surface area contributed by atoms with E-state index in [1.165, 1.54) is 12.8 Å². The zero-order valence-electron chi connectivity index (χ0n) is 12.2. The molecule has 0 heterocycles. The summed E-state index contributed by atoms with van der Waals surface area (Å²) in [5, 5.41) is 0. The van der Waals surface area contributed by atoms with Gasteiger partial charge in [-0.05, 0) is 50.3 Å². The second kappa shape index (κ2) is 7.17. The van der Waals surface area contributed by atoms with Crippen LogP contribution in [0.5, 0.6) is 11.5 Å². The minimum atomic E-state index is -0.218. The van der Waals surface area contributed by atoms with E-state index in [1.54, 1.807) is 14.0 Å². The van der Waals surface area contributed by atoms with E-state index in [-0.39, 0.29) is 18.5 Å². The molecule has 1 fully saturated rings. The predicted molar refractivity (Wildman–Crippen MR) is 76.2 cm³/mol. The summed E-state index contributed by atoms with van der Waals surface area (Å²) < 4.78 is 16.3. The molecule has 0 radical (unpaired) electrons. The smallest absolute Gasteiger partial charge is 0.310 e. The van der Waals surface area contributed by atoms with Gasteiger partial charge in [0.2, 0.25) is 0 Å². The highest BCUT2D eigenvalue weighted by Gasteiger charge is 2.19. The minimum Gasteiger partial charge on any atom is -0.493 e. The Morgan fingerprint density at radius 3 is 2.65 bits per heavy atom. The molecule has 0 amide bonds. The number of esters is 1. The number of methoxy groups -OCH3 is 1. The first kappa shape index (κ1) is 14.7. The second-order valence-corrected chi connectivity index (χ2v) is 4.99. The first-order chi connectivity index (χ1) is 9.72. The first-order valence-electron chi connectivity index (χ1n) is 7.22. The molecule has 1 aromatic rings. The molecule has 110 valence electrons.